The lowest BCUT2D eigenvalue weighted by atomic mass is 9.98. The molecule has 0 radical (unpaired) electrons. The summed E-state index contributed by atoms with van der Waals surface area (Å²) in [4.78, 5) is 0. The van der Waals surface area contributed by atoms with Crippen molar-refractivity contribution in [2.75, 3.05) is 0 Å². The van der Waals surface area contributed by atoms with Gasteiger partial charge in [0.1, 0.15) is 5.75 Å². The van der Waals surface area contributed by atoms with Crippen molar-refractivity contribution in [1.29, 1.82) is 0 Å². The topological polar surface area (TPSA) is 20.2 Å². The van der Waals surface area contributed by atoms with Crippen LogP contribution in [-0.2, 0) is 0 Å². The largest absolute Gasteiger partial charge is 0.507 e. The highest BCUT2D eigenvalue weighted by Gasteiger charge is 2.05. The van der Waals surface area contributed by atoms with Crippen LogP contribution >= 0.6 is 9.90 Å². The van der Waals surface area contributed by atoms with Gasteiger partial charge in [-0.25, -0.2) is 0 Å². The Morgan fingerprint density at radius 3 is 1.65 bits per heavy atom. The molecule has 0 heterocycles. The fourth-order valence-electron chi connectivity index (χ4n) is 3.17. The highest BCUT2D eigenvalue weighted by Crippen LogP contribution is 2.34. The lowest BCUT2D eigenvalue weighted by Crippen LogP contribution is -1.80. The SMILES string of the molecule is Oc1cccc2ccc3cc4ccccc4cc3c12.P.c1ccccc1. The van der Waals surface area contributed by atoms with Gasteiger partial charge in [-0.05, 0) is 45.1 Å². The van der Waals surface area contributed by atoms with E-state index < -0.39 is 0 Å². The van der Waals surface area contributed by atoms with Crippen LogP contribution in [0.4, 0.5) is 0 Å². The molecular formula is C24H21OP. The molecule has 26 heavy (non-hydrogen) atoms. The Bertz CT molecular complexity index is 1120. The number of hydrogen-bond acceptors (Lipinski definition) is 1. The zero-order chi connectivity index (χ0) is 17.1. The van der Waals surface area contributed by atoms with Crippen molar-refractivity contribution >= 4 is 42.2 Å². The van der Waals surface area contributed by atoms with E-state index in [9.17, 15) is 5.11 Å². The van der Waals surface area contributed by atoms with E-state index in [0.29, 0.717) is 5.75 Å². The minimum Gasteiger partial charge on any atom is -0.507 e. The smallest absolute Gasteiger partial charge is 0.124 e. The van der Waals surface area contributed by atoms with E-state index in [0.717, 1.165) is 21.5 Å². The van der Waals surface area contributed by atoms with Gasteiger partial charge < -0.3 is 5.11 Å². The molecule has 1 unspecified atom stereocenters. The number of phenols is 1. The first-order valence-corrected chi connectivity index (χ1v) is 8.36. The van der Waals surface area contributed by atoms with E-state index in [1.165, 1.54) is 10.8 Å². The second kappa shape index (κ2) is 7.99. The summed E-state index contributed by atoms with van der Waals surface area (Å²) >= 11 is 0. The van der Waals surface area contributed by atoms with Gasteiger partial charge >= 0.3 is 0 Å². The van der Waals surface area contributed by atoms with Crippen molar-refractivity contribution < 1.29 is 5.11 Å². The molecule has 5 rings (SSSR count). The second-order valence-corrected chi connectivity index (χ2v) is 6.02. The quantitative estimate of drug-likeness (QED) is 0.188. The fraction of sp³-hybridized carbons (Fsp3) is 0. The van der Waals surface area contributed by atoms with Gasteiger partial charge in [-0.2, -0.15) is 9.90 Å². The van der Waals surface area contributed by atoms with Crippen LogP contribution in [0.1, 0.15) is 0 Å². The van der Waals surface area contributed by atoms with Crippen LogP contribution in [0.25, 0.3) is 32.3 Å². The summed E-state index contributed by atoms with van der Waals surface area (Å²) in [6.07, 6.45) is 0. The van der Waals surface area contributed by atoms with Gasteiger partial charge in [0.2, 0.25) is 0 Å². The Hall–Kier alpha value is -2.89. The summed E-state index contributed by atoms with van der Waals surface area (Å²) in [6, 6.07) is 34.5. The van der Waals surface area contributed by atoms with Crippen LogP contribution in [-0.4, -0.2) is 5.11 Å². The Labute approximate surface area is 156 Å². The third-order valence-electron chi connectivity index (χ3n) is 4.37. The maximum absolute atomic E-state index is 10.1. The number of rotatable bonds is 0. The van der Waals surface area contributed by atoms with Gasteiger partial charge in [-0.1, -0.05) is 84.9 Å². The summed E-state index contributed by atoms with van der Waals surface area (Å²) < 4.78 is 0. The summed E-state index contributed by atoms with van der Waals surface area (Å²) in [6.45, 7) is 0. The van der Waals surface area contributed by atoms with Crippen LogP contribution in [0, 0.1) is 0 Å². The van der Waals surface area contributed by atoms with Gasteiger partial charge in [0.15, 0.2) is 0 Å². The van der Waals surface area contributed by atoms with Crippen molar-refractivity contribution in [2.24, 2.45) is 0 Å². The van der Waals surface area contributed by atoms with Crippen LogP contribution in [0.5, 0.6) is 5.75 Å². The fourth-order valence-corrected chi connectivity index (χ4v) is 3.17. The predicted octanol–water partition coefficient (Wildman–Crippen LogP) is 6.60. The van der Waals surface area contributed by atoms with Gasteiger partial charge in [-0.3, -0.25) is 0 Å². The van der Waals surface area contributed by atoms with E-state index >= 15 is 0 Å². The number of aromatic hydroxyl groups is 1. The zero-order valence-electron chi connectivity index (χ0n) is 14.5. The van der Waals surface area contributed by atoms with Gasteiger partial charge in [0.05, 0.1) is 0 Å². The molecule has 0 aromatic heterocycles. The predicted molar refractivity (Wildman–Crippen MR) is 118 cm³/mol. The summed E-state index contributed by atoms with van der Waals surface area (Å²) in [5, 5.41) is 16.8. The molecule has 128 valence electrons. The van der Waals surface area contributed by atoms with Crippen molar-refractivity contribution in [3.05, 3.63) is 103 Å². The molecule has 5 aromatic rings. The summed E-state index contributed by atoms with van der Waals surface area (Å²) in [5.74, 6) is 0.346. The molecule has 0 saturated heterocycles. The average molecular weight is 356 g/mol. The van der Waals surface area contributed by atoms with E-state index in [1.807, 2.05) is 60.7 Å². The first-order chi connectivity index (χ1) is 12.3. The molecule has 5 aromatic carbocycles. The molecule has 1 nitrogen and oxygen atoms in total. The normalized spacial score (nSPS) is 10.2. The molecule has 0 fully saturated rings. The molecule has 2 heteroatoms. The minimum absolute atomic E-state index is 0. The van der Waals surface area contributed by atoms with Crippen LogP contribution in [0.3, 0.4) is 0 Å². The molecule has 1 N–H and O–H groups in total. The van der Waals surface area contributed by atoms with E-state index in [1.54, 1.807) is 6.07 Å². The standard InChI is InChI=1S/C18H12O.C6H6.H3P/c19-17-7-3-6-12-8-9-15-10-13-4-1-2-5-14(13)11-16(15)18(12)17;1-2-4-6-5-3-1;/h1-11,19H;1-6H;1H3. The monoisotopic (exact) mass is 356 g/mol. The summed E-state index contributed by atoms with van der Waals surface area (Å²) in [5.41, 5.74) is 0. The lowest BCUT2D eigenvalue weighted by Gasteiger charge is -2.07. The third kappa shape index (κ3) is 3.54. The Balaban J connectivity index is 0.000000241. The third-order valence-corrected chi connectivity index (χ3v) is 4.37. The van der Waals surface area contributed by atoms with Crippen molar-refractivity contribution in [2.45, 2.75) is 0 Å². The second-order valence-electron chi connectivity index (χ2n) is 6.02. The van der Waals surface area contributed by atoms with E-state index in [-0.39, 0.29) is 9.90 Å². The molecular weight excluding hydrogens is 335 g/mol. The number of benzene rings is 5. The number of hydrogen-bond donors (Lipinski definition) is 1. The highest BCUT2D eigenvalue weighted by molar-refractivity contribution is 6.92. The molecule has 0 aliphatic rings. The molecule has 0 bridgehead atoms. The van der Waals surface area contributed by atoms with Crippen molar-refractivity contribution in [1.82, 2.24) is 0 Å². The Kier molecular flexibility index (Phi) is 5.51. The maximum Gasteiger partial charge on any atom is 0.124 e. The van der Waals surface area contributed by atoms with Crippen molar-refractivity contribution in [3.8, 4) is 5.75 Å². The molecule has 1 atom stereocenters. The van der Waals surface area contributed by atoms with Gasteiger partial charge in [-0.15, -0.1) is 0 Å². The number of phenolic OH excluding ortho intramolecular Hbond substituents is 1. The first-order valence-electron chi connectivity index (χ1n) is 8.36. The minimum atomic E-state index is 0. The molecule has 0 aliphatic carbocycles. The highest BCUT2D eigenvalue weighted by atomic mass is 31.0. The van der Waals surface area contributed by atoms with Gasteiger partial charge in [0.25, 0.3) is 0 Å². The van der Waals surface area contributed by atoms with E-state index in [4.69, 9.17) is 0 Å². The van der Waals surface area contributed by atoms with Gasteiger partial charge in [0, 0.05) is 5.39 Å². The molecule has 0 saturated carbocycles. The Morgan fingerprint density at radius 1 is 0.462 bits per heavy atom. The van der Waals surface area contributed by atoms with Crippen LogP contribution in [0.2, 0.25) is 0 Å². The van der Waals surface area contributed by atoms with Crippen LogP contribution in [0.15, 0.2) is 103 Å². The first kappa shape index (κ1) is 17.9. The summed E-state index contributed by atoms with van der Waals surface area (Å²) in [7, 11) is 0. The number of fused-ring (bicyclic) bond motifs is 4. The van der Waals surface area contributed by atoms with Crippen LogP contribution < -0.4 is 0 Å². The zero-order valence-corrected chi connectivity index (χ0v) is 15.9. The molecule has 0 spiro atoms. The lowest BCUT2D eigenvalue weighted by molar-refractivity contribution is 0.482. The van der Waals surface area contributed by atoms with Crippen molar-refractivity contribution in [3.63, 3.8) is 0 Å². The maximum atomic E-state index is 10.1. The molecule has 0 amide bonds. The average Bonchev–Trinajstić information content (AvgIpc) is 2.68. The Morgan fingerprint density at radius 2 is 1.00 bits per heavy atom. The molecule has 0 aliphatic heterocycles. The van der Waals surface area contributed by atoms with E-state index in [2.05, 4.69) is 36.4 Å².